The molecule has 130 valence electrons. The summed E-state index contributed by atoms with van der Waals surface area (Å²) in [5.41, 5.74) is 1.44. The number of hydrogen-bond acceptors (Lipinski definition) is 4. The van der Waals surface area contributed by atoms with Gasteiger partial charge in [-0.05, 0) is 43.7 Å². The largest absolute Gasteiger partial charge is 0.283 e. The second kappa shape index (κ2) is 6.68. The van der Waals surface area contributed by atoms with Crippen LogP contribution in [-0.2, 0) is 10.0 Å². The standard InChI is InChI=1S/C18H19N3O3S/c1-3-11-25(23,24)20-14-7-6-8-15(12-14)21-13(2)19-17-10-5-4-9-16(17)18(21)22/h4-10,12,20H,3,11H2,1-2H3. The molecule has 0 aliphatic rings. The van der Waals surface area contributed by atoms with Crippen LogP contribution in [0, 0.1) is 6.92 Å². The van der Waals surface area contributed by atoms with E-state index in [0.717, 1.165) is 0 Å². The maximum Gasteiger partial charge on any atom is 0.265 e. The first-order valence-electron chi connectivity index (χ1n) is 8.00. The molecule has 0 amide bonds. The molecule has 0 aliphatic carbocycles. The number of fused-ring (bicyclic) bond motifs is 1. The Morgan fingerprint density at radius 3 is 2.64 bits per heavy atom. The molecule has 3 aromatic rings. The van der Waals surface area contributed by atoms with Crippen LogP contribution in [0.3, 0.4) is 0 Å². The van der Waals surface area contributed by atoms with Crippen LogP contribution in [-0.4, -0.2) is 23.7 Å². The predicted molar refractivity (Wildman–Crippen MR) is 99.8 cm³/mol. The summed E-state index contributed by atoms with van der Waals surface area (Å²) in [5, 5.41) is 0.519. The first-order chi connectivity index (χ1) is 11.9. The number of benzene rings is 2. The van der Waals surface area contributed by atoms with Crippen molar-refractivity contribution in [2.45, 2.75) is 20.3 Å². The van der Waals surface area contributed by atoms with Gasteiger partial charge >= 0.3 is 0 Å². The van der Waals surface area contributed by atoms with Crippen LogP contribution in [0.5, 0.6) is 0 Å². The fraction of sp³-hybridized carbons (Fsp3) is 0.222. The lowest BCUT2D eigenvalue weighted by atomic mass is 10.2. The molecule has 0 saturated carbocycles. The zero-order valence-electron chi connectivity index (χ0n) is 14.1. The Balaban J connectivity index is 2.10. The molecular weight excluding hydrogens is 338 g/mol. The molecule has 25 heavy (non-hydrogen) atoms. The van der Waals surface area contributed by atoms with Crippen molar-refractivity contribution in [3.8, 4) is 5.69 Å². The smallest absolute Gasteiger partial charge is 0.265 e. The van der Waals surface area contributed by atoms with Crippen molar-refractivity contribution >= 4 is 26.6 Å². The molecule has 0 aliphatic heterocycles. The van der Waals surface area contributed by atoms with E-state index in [4.69, 9.17) is 0 Å². The summed E-state index contributed by atoms with van der Waals surface area (Å²) in [5.74, 6) is 0.588. The number of aromatic nitrogens is 2. The van der Waals surface area contributed by atoms with Gasteiger partial charge in [0.05, 0.1) is 28.0 Å². The first-order valence-corrected chi connectivity index (χ1v) is 9.66. The summed E-state index contributed by atoms with van der Waals surface area (Å²) in [4.78, 5) is 17.3. The molecule has 0 fully saturated rings. The number of nitrogens with zero attached hydrogens (tertiary/aromatic N) is 2. The number of anilines is 1. The van der Waals surface area contributed by atoms with Crippen molar-refractivity contribution in [2.24, 2.45) is 0 Å². The number of sulfonamides is 1. The minimum Gasteiger partial charge on any atom is -0.283 e. The van der Waals surface area contributed by atoms with Crippen LogP contribution in [0.15, 0.2) is 53.3 Å². The van der Waals surface area contributed by atoms with E-state index in [1.165, 1.54) is 4.57 Å². The van der Waals surface area contributed by atoms with E-state index >= 15 is 0 Å². The topological polar surface area (TPSA) is 81.1 Å². The number of nitrogens with one attached hydrogen (secondary N) is 1. The van der Waals surface area contributed by atoms with Crippen molar-refractivity contribution in [1.82, 2.24) is 9.55 Å². The fourth-order valence-electron chi connectivity index (χ4n) is 2.76. The minimum atomic E-state index is -3.39. The van der Waals surface area contributed by atoms with Crippen LogP contribution in [0.2, 0.25) is 0 Å². The zero-order valence-corrected chi connectivity index (χ0v) is 14.9. The fourth-order valence-corrected chi connectivity index (χ4v) is 3.88. The molecule has 6 nitrogen and oxygen atoms in total. The van der Waals surface area contributed by atoms with Crippen molar-refractivity contribution in [3.63, 3.8) is 0 Å². The average Bonchev–Trinajstić information content (AvgIpc) is 2.54. The molecule has 0 spiro atoms. The SMILES string of the molecule is CCCS(=O)(=O)Nc1cccc(-n2c(C)nc3ccccc3c2=O)c1. The van der Waals surface area contributed by atoms with Gasteiger partial charge in [-0.2, -0.15) is 0 Å². The summed E-state index contributed by atoms with van der Waals surface area (Å²) >= 11 is 0. The summed E-state index contributed by atoms with van der Waals surface area (Å²) < 4.78 is 28.0. The third kappa shape index (κ3) is 3.56. The highest BCUT2D eigenvalue weighted by Gasteiger charge is 2.12. The third-order valence-corrected chi connectivity index (χ3v) is 5.29. The molecule has 0 bridgehead atoms. The van der Waals surface area contributed by atoms with Crippen LogP contribution in [0.25, 0.3) is 16.6 Å². The highest BCUT2D eigenvalue weighted by molar-refractivity contribution is 7.92. The molecule has 7 heteroatoms. The number of rotatable bonds is 5. The average molecular weight is 357 g/mol. The van der Waals surface area contributed by atoms with Crippen molar-refractivity contribution in [3.05, 3.63) is 64.7 Å². The van der Waals surface area contributed by atoms with E-state index in [1.54, 1.807) is 56.3 Å². The third-order valence-electron chi connectivity index (χ3n) is 3.79. The quantitative estimate of drug-likeness (QED) is 0.761. The molecule has 1 heterocycles. The second-order valence-corrected chi connectivity index (χ2v) is 7.63. The maximum absolute atomic E-state index is 12.8. The second-order valence-electron chi connectivity index (χ2n) is 5.79. The van der Waals surface area contributed by atoms with Gasteiger partial charge in [0.15, 0.2) is 0 Å². The van der Waals surface area contributed by atoms with Gasteiger partial charge in [-0.3, -0.25) is 14.1 Å². The molecule has 2 aromatic carbocycles. The van der Waals surface area contributed by atoms with E-state index in [9.17, 15) is 13.2 Å². The van der Waals surface area contributed by atoms with Crippen LogP contribution < -0.4 is 10.3 Å². The van der Waals surface area contributed by atoms with Crippen LogP contribution in [0.4, 0.5) is 5.69 Å². The van der Waals surface area contributed by atoms with Gasteiger partial charge in [0.25, 0.3) is 5.56 Å². The number of para-hydroxylation sites is 1. The Morgan fingerprint density at radius 1 is 1.12 bits per heavy atom. The molecule has 0 unspecified atom stereocenters. The normalized spacial score (nSPS) is 11.6. The van der Waals surface area contributed by atoms with Crippen molar-refractivity contribution in [1.29, 1.82) is 0 Å². The lowest BCUT2D eigenvalue weighted by Crippen LogP contribution is -2.22. The van der Waals surface area contributed by atoms with Crippen molar-refractivity contribution < 1.29 is 8.42 Å². The molecule has 0 saturated heterocycles. The van der Waals surface area contributed by atoms with E-state index in [1.807, 2.05) is 6.07 Å². The highest BCUT2D eigenvalue weighted by atomic mass is 32.2. The Hall–Kier alpha value is -2.67. The Bertz CT molecular complexity index is 1090. The molecule has 3 rings (SSSR count). The predicted octanol–water partition coefficient (Wildman–Crippen LogP) is 2.85. The zero-order chi connectivity index (χ0) is 18.0. The summed E-state index contributed by atoms with van der Waals surface area (Å²) in [7, 11) is -3.39. The number of hydrogen-bond donors (Lipinski definition) is 1. The van der Waals surface area contributed by atoms with Gasteiger partial charge in [0.2, 0.25) is 10.0 Å². The molecule has 1 N–H and O–H groups in total. The van der Waals surface area contributed by atoms with Gasteiger partial charge < -0.3 is 0 Å². The summed E-state index contributed by atoms with van der Waals surface area (Å²) in [6, 6.07) is 13.9. The van der Waals surface area contributed by atoms with Gasteiger partial charge in [-0.15, -0.1) is 0 Å². The first kappa shape index (κ1) is 17.2. The monoisotopic (exact) mass is 357 g/mol. The lowest BCUT2D eigenvalue weighted by Gasteiger charge is -2.13. The Kier molecular flexibility index (Phi) is 4.59. The van der Waals surface area contributed by atoms with Crippen LogP contribution >= 0.6 is 0 Å². The molecular formula is C18H19N3O3S. The Morgan fingerprint density at radius 2 is 1.88 bits per heavy atom. The molecule has 0 atom stereocenters. The van der Waals surface area contributed by atoms with Gasteiger partial charge in [0, 0.05) is 0 Å². The van der Waals surface area contributed by atoms with Gasteiger partial charge in [-0.1, -0.05) is 25.1 Å². The van der Waals surface area contributed by atoms with E-state index in [2.05, 4.69) is 9.71 Å². The minimum absolute atomic E-state index is 0.0493. The van der Waals surface area contributed by atoms with Crippen molar-refractivity contribution in [2.75, 3.05) is 10.5 Å². The molecule has 1 aromatic heterocycles. The highest BCUT2D eigenvalue weighted by Crippen LogP contribution is 2.17. The Labute approximate surface area is 146 Å². The van der Waals surface area contributed by atoms with E-state index < -0.39 is 10.0 Å². The maximum atomic E-state index is 12.8. The van der Waals surface area contributed by atoms with Gasteiger partial charge in [-0.25, -0.2) is 13.4 Å². The lowest BCUT2D eigenvalue weighted by molar-refractivity contribution is 0.600. The summed E-state index contributed by atoms with van der Waals surface area (Å²) in [6.45, 7) is 3.56. The summed E-state index contributed by atoms with van der Waals surface area (Å²) in [6.07, 6.45) is 0.530. The molecule has 0 radical (unpaired) electrons. The van der Waals surface area contributed by atoms with Crippen LogP contribution in [0.1, 0.15) is 19.2 Å². The van der Waals surface area contributed by atoms with E-state index in [-0.39, 0.29) is 11.3 Å². The van der Waals surface area contributed by atoms with E-state index in [0.29, 0.717) is 34.5 Å². The number of aryl methyl sites for hydroxylation is 1. The van der Waals surface area contributed by atoms with Gasteiger partial charge in [0.1, 0.15) is 5.82 Å².